The quantitative estimate of drug-likeness (QED) is 0.794. The van der Waals surface area contributed by atoms with Gasteiger partial charge in [-0.1, -0.05) is 12.1 Å². The average molecular weight is 270 g/mol. The van der Waals surface area contributed by atoms with Crippen molar-refractivity contribution in [3.05, 3.63) is 48.3 Å². The second-order valence-electron chi connectivity index (χ2n) is 4.16. The first-order chi connectivity index (χ1) is 9.78. The van der Waals surface area contributed by atoms with Crippen LogP contribution in [0.25, 0.3) is 22.5 Å². The number of methoxy groups -OCH3 is 1. The van der Waals surface area contributed by atoms with E-state index in [1.165, 1.54) is 6.07 Å². The molecule has 0 aliphatic heterocycles. The molecule has 1 N–H and O–H groups in total. The highest BCUT2D eigenvalue weighted by Gasteiger charge is 2.10. The highest BCUT2D eigenvalue weighted by atomic mass is 19.1. The molecule has 0 saturated carbocycles. The summed E-state index contributed by atoms with van der Waals surface area (Å²) in [5.74, 6) is 0.852. The van der Waals surface area contributed by atoms with E-state index in [1.54, 1.807) is 43.5 Å². The van der Waals surface area contributed by atoms with E-state index in [2.05, 4.69) is 20.6 Å². The Morgan fingerprint density at radius 3 is 2.45 bits per heavy atom. The lowest BCUT2D eigenvalue weighted by atomic mass is 10.0. The maximum Gasteiger partial charge on any atom is 0.204 e. The lowest BCUT2D eigenvalue weighted by molar-refractivity contribution is 0.415. The van der Waals surface area contributed by atoms with Crippen LogP contribution in [0.15, 0.2) is 42.5 Å². The van der Waals surface area contributed by atoms with Gasteiger partial charge in [-0.15, -0.1) is 10.2 Å². The first-order valence-electron chi connectivity index (χ1n) is 5.96. The topological polar surface area (TPSA) is 63.7 Å². The summed E-state index contributed by atoms with van der Waals surface area (Å²) in [6.07, 6.45) is 0. The van der Waals surface area contributed by atoms with Gasteiger partial charge in [-0.25, -0.2) is 4.39 Å². The molecule has 0 atom stereocenters. The van der Waals surface area contributed by atoms with Crippen molar-refractivity contribution in [2.75, 3.05) is 7.11 Å². The maximum atomic E-state index is 14.0. The van der Waals surface area contributed by atoms with E-state index >= 15 is 0 Å². The SMILES string of the molecule is COc1ccc(-c2cc(-c3nn[nH]n3)ccc2F)cc1. The molecule has 1 heterocycles. The van der Waals surface area contributed by atoms with Gasteiger partial charge in [-0.05, 0) is 41.1 Å². The zero-order chi connectivity index (χ0) is 13.9. The van der Waals surface area contributed by atoms with Gasteiger partial charge in [0.1, 0.15) is 11.6 Å². The molecule has 0 fully saturated rings. The summed E-state index contributed by atoms with van der Waals surface area (Å²) in [5.41, 5.74) is 1.94. The summed E-state index contributed by atoms with van der Waals surface area (Å²) in [6, 6.07) is 11.9. The first kappa shape index (κ1) is 12.3. The molecule has 0 radical (unpaired) electrons. The fraction of sp³-hybridized carbons (Fsp3) is 0.0714. The van der Waals surface area contributed by atoms with Gasteiger partial charge in [0.05, 0.1) is 7.11 Å². The molecule has 0 spiro atoms. The van der Waals surface area contributed by atoms with Crippen LogP contribution < -0.4 is 4.74 Å². The Labute approximate surface area is 114 Å². The molecular weight excluding hydrogens is 259 g/mol. The fourth-order valence-electron chi connectivity index (χ4n) is 1.94. The Kier molecular flexibility index (Phi) is 3.12. The number of benzene rings is 2. The first-order valence-corrected chi connectivity index (χ1v) is 5.96. The monoisotopic (exact) mass is 270 g/mol. The lowest BCUT2D eigenvalue weighted by Crippen LogP contribution is -1.89. The number of hydrogen-bond donors (Lipinski definition) is 1. The minimum atomic E-state index is -0.303. The number of tetrazole rings is 1. The van der Waals surface area contributed by atoms with Crippen LogP contribution in [0.5, 0.6) is 5.75 Å². The molecule has 6 heteroatoms. The molecule has 20 heavy (non-hydrogen) atoms. The lowest BCUT2D eigenvalue weighted by Gasteiger charge is -2.06. The Balaban J connectivity index is 2.05. The van der Waals surface area contributed by atoms with Gasteiger partial charge in [0, 0.05) is 11.1 Å². The van der Waals surface area contributed by atoms with Crippen LogP contribution in [0, 0.1) is 5.82 Å². The zero-order valence-corrected chi connectivity index (χ0v) is 10.7. The second kappa shape index (κ2) is 5.08. The minimum Gasteiger partial charge on any atom is -0.497 e. The third-order valence-corrected chi connectivity index (χ3v) is 2.97. The van der Waals surface area contributed by atoms with Gasteiger partial charge in [-0.2, -0.15) is 5.21 Å². The van der Waals surface area contributed by atoms with E-state index in [0.717, 1.165) is 11.3 Å². The van der Waals surface area contributed by atoms with Gasteiger partial charge >= 0.3 is 0 Å². The Morgan fingerprint density at radius 1 is 1.05 bits per heavy atom. The van der Waals surface area contributed by atoms with E-state index in [0.29, 0.717) is 17.0 Å². The van der Waals surface area contributed by atoms with Crippen molar-refractivity contribution in [1.29, 1.82) is 0 Å². The minimum absolute atomic E-state index is 0.303. The Morgan fingerprint density at radius 2 is 1.80 bits per heavy atom. The van der Waals surface area contributed by atoms with Crippen LogP contribution in [0.2, 0.25) is 0 Å². The Hall–Kier alpha value is -2.76. The van der Waals surface area contributed by atoms with Crippen molar-refractivity contribution >= 4 is 0 Å². The van der Waals surface area contributed by atoms with Crippen molar-refractivity contribution in [3.63, 3.8) is 0 Å². The number of H-pyrrole nitrogens is 1. The molecule has 0 bridgehead atoms. The molecule has 0 amide bonds. The molecular formula is C14H11FN4O. The predicted molar refractivity (Wildman–Crippen MR) is 71.6 cm³/mol. The van der Waals surface area contributed by atoms with Crippen molar-refractivity contribution < 1.29 is 9.13 Å². The van der Waals surface area contributed by atoms with E-state index in [4.69, 9.17) is 4.74 Å². The molecule has 0 saturated heterocycles. The number of nitrogens with zero attached hydrogens (tertiary/aromatic N) is 3. The van der Waals surface area contributed by atoms with Crippen LogP contribution in [-0.4, -0.2) is 27.7 Å². The van der Waals surface area contributed by atoms with E-state index in [1.807, 2.05) is 0 Å². The smallest absolute Gasteiger partial charge is 0.204 e. The van der Waals surface area contributed by atoms with Crippen LogP contribution in [0.1, 0.15) is 0 Å². The second-order valence-corrected chi connectivity index (χ2v) is 4.16. The molecule has 3 aromatic rings. The third-order valence-electron chi connectivity index (χ3n) is 2.97. The highest BCUT2D eigenvalue weighted by Crippen LogP contribution is 2.28. The summed E-state index contributed by atoms with van der Waals surface area (Å²) in [4.78, 5) is 0. The summed E-state index contributed by atoms with van der Waals surface area (Å²) in [5, 5.41) is 13.7. The van der Waals surface area contributed by atoms with Crippen molar-refractivity contribution in [2.24, 2.45) is 0 Å². The largest absolute Gasteiger partial charge is 0.497 e. The number of hydrogen-bond acceptors (Lipinski definition) is 4. The van der Waals surface area contributed by atoms with E-state index in [9.17, 15) is 4.39 Å². The highest BCUT2D eigenvalue weighted by molar-refractivity contribution is 5.71. The molecule has 0 unspecified atom stereocenters. The Bertz CT molecular complexity index is 711. The predicted octanol–water partition coefficient (Wildman–Crippen LogP) is 2.68. The van der Waals surface area contributed by atoms with Crippen molar-refractivity contribution in [1.82, 2.24) is 20.6 Å². The molecule has 0 aliphatic rings. The normalized spacial score (nSPS) is 10.5. The van der Waals surface area contributed by atoms with Gasteiger partial charge in [0.15, 0.2) is 0 Å². The average Bonchev–Trinajstić information content (AvgIpc) is 3.02. The summed E-state index contributed by atoms with van der Waals surface area (Å²) in [6.45, 7) is 0. The number of aromatic amines is 1. The van der Waals surface area contributed by atoms with E-state index < -0.39 is 0 Å². The summed E-state index contributed by atoms with van der Waals surface area (Å²) in [7, 11) is 1.59. The van der Waals surface area contributed by atoms with Crippen LogP contribution in [-0.2, 0) is 0 Å². The van der Waals surface area contributed by atoms with Gasteiger partial charge < -0.3 is 4.74 Å². The van der Waals surface area contributed by atoms with Crippen molar-refractivity contribution in [3.8, 4) is 28.3 Å². The molecule has 100 valence electrons. The van der Waals surface area contributed by atoms with E-state index in [-0.39, 0.29) is 5.82 Å². The van der Waals surface area contributed by atoms with Gasteiger partial charge in [0.25, 0.3) is 0 Å². The molecule has 2 aromatic carbocycles. The number of halogens is 1. The maximum absolute atomic E-state index is 14.0. The molecule has 5 nitrogen and oxygen atoms in total. The number of ether oxygens (including phenoxy) is 1. The number of nitrogens with one attached hydrogen (secondary N) is 1. The molecule has 0 aliphatic carbocycles. The molecule has 3 rings (SSSR count). The molecule has 1 aromatic heterocycles. The van der Waals surface area contributed by atoms with Crippen LogP contribution in [0.3, 0.4) is 0 Å². The number of aromatic nitrogens is 4. The summed E-state index contributed by atoms with van der Waals surface area (Å²) < 4.78 is 19.1. The third kappa shape index (κ3) is 2.23. The fourth-order valence-corrected chi connectivity index (χ4v) is 1.94. The number of rotatable bonds is 3. The summed E-state index contributed by atoms with van der Waals surface area (Å²) >= 11 is 0. The van der Waals surface area contributed by atoms with Gasteiger partial charge in [-0.3, -0.25) is 0 Å². The van der Waals surface area contributed by atoms with Gasteiger partial charge in [0.2, 0.25) is 5.82 Å². The van der Waals surface area contributed by atoms with Crippen molar-refractivity contribution in [2.45, 2.75) is 0 Å². The zero-order valence-electron chi connectivity index (χ0n) is 10.7. The van der Waals surface area contributed by atoms with Crippen LogP contribution in [0.4, 0.5) is 4.39 Å². The standard InChI is InChI=1S/C14H11FN4O/c1-20-11-5-2-9(3-6-11)12-8-10(4-7-13(12)15)14-16-18-19-17-14/h2-8H,1H3,(H,16,17,18,19). The van der Waals surface area contributed by atoms with Crippen LogP contribution >= 0.6 is 0 Å².